The van der Waals surface area contributed by atoms with Gasteiger partial charge in [0.2, 0.25) is 5.91 Å². The van der Waals surface area contributed by atoms with E-state index in [2.05, 4.69) is 19.9 Å². The third kappa shape index (κ3) is 4.96. The summed E-state index contributed by atoms with van der Waals surface area (Å²) >= 11 is 0. The Bertz CT molecular complexity index is 1220. The van der Waals surface area contributed by atoms with Crippen LogP contribution in [-0.4, -0.2) is 33.9 Å². The second-order valence-electron chi connectivity index (χ2n) is 8.51. The lowest BCUT2D eigenvalue weighted by molar-refractivity contribution is -0.122. The molecule has 3 heterocycles. The summed E-state index contributed by atoms with van der Waals surface area (Å²) in [5.74, 6) is 1.51. The molecular formula is C28H27N5O. The zero-order valence-corrected chi connectivity index (χ0v) is 19.0. The maximum absolute atomic E-state index is 13.8. The van der Waals surface area contributed by atoms with Crippen LogP contribution < -0.4 is 9.80 Å². The van der Waals surface area contributed by atoms with E-state index in [0.29, 0.717) is 18.9 Å². The van der Waals surface area contributed by atoms with E-state index in [4.69, 9.17) is 0 Å². The van der Waals surface area contributed by atoms with Crippen molar-refractivity contribution in [2.24, 2.45) is 5.92 Å². The number of benzene rings is 2. The molecule has 5 rings (SSSR count). The van der Waals surface area contributed by atoms with Crippen molar-refractivity contribution in [3.63, 3.8) is 0 Å². The van der Waals surface area contributed by atoms with Gasteiger partial charge in [0, 0.05) is 30.9 Å². The van der Waals surface area contributed by atoms with Crippen LogP contribution in [0.15, 0.2) is 97.5 Å². The molecule has 6 nitrogen and oxygen atoms in total. The fourth-order valence-electron chi connectivity index (χ4n) is 4.45. The number of rotatable bonds is 6. The van der Waals surface area contributed by atoms with E-state index in [1.807, 2.05) is 89.8 Å². The Kier molecular flexibility index (Phi) is 6.56. The van der Waals surface area contributed by atoms with Crippen molar-refractivity contribution in [2.45, 2.75) is 19.4 Å². The van der Waals surface area contributed by atoms with Crippen LogP contribution in [0.5, 0.6) is 0 Å². The lowest BCUT2D eigenvalue weighted by Crippen LogP contribution is -2.45. The number of hydrogen-bond acceptors (Lipinski definition) is 5. The average molecular weight is 450 g/mol. The van der Waals surface area contributed by atoms with Gasteiger partial charge < -0.3 is 4.90 Å². The first-order valence-electron chi connectivity index (χ1n) is 11.7. The summed E-state index contributed by atoms with van der Waals surface area (Å²) in [5, 5.41) is 0. The van der Waals surface area contributed by atoms with E-state index in [9.17, 15) is 4.79 Å². The van der Waals surface area contributed by atoms with Gasteiger partial charge in [0.1, 0.15) is 18.0 Å². The number of amides is 1. The number of pyridine rings is 1. The molecule has 2 aromatic carbocycles. The van der Waals surface area contributed by atoms with Crippen LogP contribution in [0, 0.1) is 5.92 Å². The van der Waals surface area contributed by atoms with Gasteiger partial charge in [0.15, 0.2) is 0 Å². The molecule has 6 heteroatoms. The second kappa shape index (κ2) is 10.3. The van der Waals surface area contributed by atoms with Crippen molar-refractivity contribution in [1.82, 2.24) is 15.0 Å². The molecule has 1 unspecified atom stereocenters. The summed E-state index contributed by atoms with van der Waals surface area (Å²) in [5.41, 5.74) is 3.02. The largest absolute Gasteiger partial charge is 0.356 e. The van der Waals surface area contributed by atoms with E-state index in [1.54, 1.807) is 12.5 Å². The molecule has 170 valence electrons. The van der Waals surface area contributed by atoms with E-state index in [1.165, 1.54) is 0 Å². The fraction of sp³-hybridized carbons (Fsp3) is 0.214. The Morgan fingerprint density at radius 3 is 2.44 bits per heavy atom. The zero-order chi connectivity index (χ0) is 23.2. The van der Waals surface area contributed by atoms with Crippen LogP contribution in [0.1, 0.15) is 18.4 Å². The van der Waals surface area contributed by atoms with E-state index >= 15 is 0 Å². The predicted octanol–water partition coefficient (Wildman–Crippen LogP) is 4.99. The molecule has 2 aromatic heterocycles. The smallest absolute Gasteiger partial charge is 0.233 e. The van der Waals surface area contributed by atoms with Gasteiger partial charge in [-0.1, -0.05) is 66.7 Å². The maximum Gasteiger partial charge on any atom is 0.233 e. The topological polar surface area (TPSA) is 62.2 Å². The lowest BCUT2D eigenvalue weighted by atomic mass is 9.96. The fourth-order valence-corrected chi connectivity index (χ4v) is 4.45. The number of carbonyl (C=O) groups is 1. The summed E-state index contributed by atoms with van der Waals surface area (Å²) in [6.45, 7) is 2.00. The van der Waals surface area contributed by atoms with E-state index in [-0.39, 0.29) is 11.8 Å². The normalized spacial score (nSPS) is 15.6. The van der Waals surface area contributed by atoms with Gasteiger partial charge in [0.05, 0.1) is 18.2 Å². The van der Waals surface area contributed by atoms with Gasteiger partial charge >= 0.3 is 0 Å². The van der Waals surface area contributed by atoms with Crippen LogP contribution in [0.2, 0.25) is 0 Å². The van der Waals surface area contributed by atoms with Crippen molar-refractivity contribution in [3.05, 3.63) is 103 Å². The molecule has 1 aliphatic heterocycles. The average Bonchev–Trinajstić information content (AvgIpc) is 2.93. The van der Waals surface area contributed by atoms with Gasteiger partial charge in [-0.15, -0.1) is 0 Å². The highest BCUT2D eigenvalue weighted by atomic mass is 16.2. The van der Waals surface area contributed by atoms with E-state index in [0.717, 1.165) is 42.0 Å². The molecule has 0 radical (unpaired) electrons. The minimum Gasteiger partial charge on any atom is -0.356 e. The highest BCUT2D eigenvalue weighted by Crippen LogP contribution is 2.27. The number of piperidine rings is 1. The first kappa shape index (κ1) is 21.8. The zero-order valence-electron chi connectivity index (χ0n) is 19.0. The Hall–Kier alpha value is -4.06. The van der Waals surface area contributed by atoms with Crippen LogP contribution >= 0.6 is 0 Å². The number of anilines is 2. The highest BCUT2D eigenvalue weighted by molar-refractivity contribution is 5.94. The monoisotopic (exact) mass is 449 g/mol. The Labute approximate surface area is 199 Å². The summed E-state index contributed by atoms with van der Waals surface area (Å²) in [4.78, 5) is 31.3. The number of aromatic nitrogens is 3. The van der Waals surface area contributed by atoms with Crippen LogP contribution in [0.3, 0.4) is 0 Å². The quantitative estimate of drug-likeness (QED) is 0.415. The molecule has 1 fully saturated rings. The second-order valence-corrected chi connectivity index (χ2v) is 8.51. The maximum atomic E-state index is 13.8. The molecule has 0 bridgehead atoms. The third-order valence-electron chi connectivity index (χ3n) is 6.19. The highest BCUT2D eigenvalue weighted by Gasteiger charge is 2.31. The Morgan fingerprint density at radius 1 is 0.912 bits per heavy atom. The molecule has 0 saturated carbocycles. The van der Waals surface area contributed by atoms with Crippen LogP contribution in [0.25, 0.3) is 11.3 Å². The number of nitrogens with zero attached hydrogens (tertiary/aromatic N) is 5. The van der Waals surface area contributed by atoms with Crippen molar-refractivity contribution >= 4 is 17.5 Å². The van der Waals surface area contributed by atoms with Crippen molar-refractivity contribution in [1.29, 1.82) is 0 Å². The van der Waals surface area contributed by atoms with Crippen LogP contribution in [0.4, 0.5) is 11.6 Å². The van der Waals surface area contributed by atoms with Crippen molar-refractivity contribution < 1.29 is 4.79 Å². The van der Waals surface area contributed by atoms with Crippen molar-refractivity contribution in [2.75, 3.05) is 22.9 Å². The van der Waals surface area contributed by atoms with Gasteiger partial charge in [0.25, 0.3) is 0 Å². The molecule has 1 aliphatic rings. The number of hydrogen-bond donors (Lipinski definition) is 0. The molecule has 1 saturated heterocycles. The summed E-state index contributed by atoms with van der Waals surface area (Å²) in [6, 6.07) is 27.9. The summed E-state index contributed by atoms with van der Waals surface area (Å²) < 4.78 is 0. The minimum atomic E-state index is -0.130. The SMILES string of the molecule is O=C(C1CCCN(c2cc(-c3ccccc3)ncn2)C1)N(Cc1ccccc1)c1ccccn1. The van der Waals surface area contributed by atoms with Gasteiger partial charge in [-0.2, -0.15) is 0 Å². The summed E-state index contributed by atoms with van der Waals surface area (Å²) in [7, 11) is 0. The Balaban J connectivity index is 1.37. The standard InChI is InChI=1S/C28H27N5O/c34-28(33(26-15-7-8-16-29-26)19-22-10-3-1-4-11-22)24-14-9-17-32(20-24)27-18-25(30-21-31-27)23-12-5-2-6-13-23/h1-8,10-13,15-16,18,21,24H,9,14,17,19-20H2. The summed E-state index contributed by atoms with van der Waals surface area (Å²) in [6.07, 6.45) is 5.13. The Morgan fingerprint density at radius 2 is 1.68 bits per heavy atom. The van der Waals surface area contributed by atoms with Gasteiger partial charge in [-0.05, 0) is 30.5 Å². The third-order valence-corrected chi connectivity index (χ3v) is 6.19. The van der Waals surface area contributed by atoms with Crippen molar-refractivity contribution in [3.8, 4) is 11.3 Å². The minimum absolute atomic E-state index is 0.101. The molecule has 1 atom stereocenters. The molecule has 0 N–H and O–H groups in total. The number of carbonyl (C=O) groups excluding carboxylic acids is 1. The molecule has 4 aromatic rings. The molecule has 34 heavy (non-hydrogen) atoms. The molecule has 0 aliphatic carbocycles. The molecular weight excluding hydrogens is 422 g/mol. The van der Waals surface area contributed by atoms with E-state index < -0.39 is 0 Å². The predicted molar refractivity (Wildman–Crippen MR) is 134 cm³/mol. The van der Waals surface area contributed by atoms with Gasteiger partial charge in [-0.25, -0.2) is 15.0 Å². The lowest BCUT2D eigenvalue weighted by Gasteiger charge is -2.35. The first-order chi connectivity index (χ1) is 16.8. The molecule has 1 amide bonds. The molecule has 0 spiro atoms. The first-order valence-corrected chi connectivity index (χ1v) is 11.7. The van der Waals surface area contributed by atoms with Gasteiger partial charge in [-0.3, -0.25) is 9.69 Å². The van der Waals surface area contributed by atoms with Crippen LogP contribution in [-0.2, 0) is 11.3 Å².